The summed E-state index contributed by atoms with van der Waals surface area (Å²) in [6.07, 6.45) is 3.23. The minimum Gasteiger partial charge on any atom is -0.373 e. The number of ether oxygens (including phenoxy) is 1. The number of nitrogens with one attached hydrogen (secondary N) is 1. The Morgan fingerprint density at radius 2 is 2.06 bits per heavy atom. The number of pyridine rings is 1. The van der Waals surface area contributed by atoms with Crippen LogP contribution in [0.15, 0.2) is 18.2 Å². The molecule has 2 atom stereocenters. The molecule has 2 aliphatic rings. The predicted molar refractivity (Wildman–Crippen MR) is 63.9 cm³/mol. The molecule has 4 heteroatoms. The molecule has 4 nitrogen and oxygen atoms in total. The topological polar surface area (TPSA) is 37.4 Å². The van der Waals surface area contributed by atoms with Crippen molar-refractivity contribution >= 4 is 11.6 Å². The normalized spacial score (nSPS) is 28.2. The van der Waals surface area contributed by atoms with Gasteiger partial charge in [0.1, 0.15) is 11.6 Å². The van der Waals surface area contributed by atoms with E-state index in [9.17, 15) is 0 Å². The Bertz CT molecular complexity index is 370. The summed E-state index contributed by atoms with van der Waals surface area (Å²) in [5.74, 6) is 1.99. The molecular formula is C12H17N3O. The molecule has 1 aromatic rings. The van der Waals surface area contributed by atoms with Crippen molar-refractivity contribution in [3.63, 3.8) is 0 Å². The minimum atomic E-state index is 0.416. The fraction of sp³-hybridized carbons (Fsp3) is 0.583. The van der Waals surface area contributed by atoms with E-state index in [4.69, 9.17) is 4.74 Å². The first-order chi connectivity index (χ1) is 7.85. The summed E-state index contributed by atoms with van der Waals surface area (Å²) in [7, 11) is 1.90. The molecule has 1 aromatic heterocycles. The predicted octanol–water partition coefficient (Wildman–Crippen LogP) is 1.49. The van der Waals surface area contributed by atoms with Crippen molar-refractivity contribution in [2.75, 3.05) is 30.4 Å². The van der Waals surface area contributed by atoms with E-state index in [1.165, 1.54) is 12.8 Å². The van der Waals surface area contributed by atoms with E-state index in [-0.39, 0.29) is 0 Å². The van der Waals surface area contributed by atoms with Gasteiger partial charge >= 0.3 is 0 Å². The highest BCUT2D eigenvalue weighted by Crippen LogP contribution is 2.29. The maximum absolute atomic E-state index is 5.82. The zero-order valence-corrected chi connectivity index (χ0v) is 9.52. The SMILES string of the molecule is CNc1cccc(N2CC3CCC(C2)O3)n1. The van der Waals surface area contributed by atoms with E-state index in [2.05, 4.69) is 21.3 Å². The molecular weight excluding hydrogens is 202 g/mol. The highest BCUT2D eigenvalue weighted by Gasteiger charge is 2.34. The third kappa shape index (κ3) is 1.73. The second-order valence-electron chi connectivity index (χ2n) is 4.49. The van der Waals surface area contributed by atoms with Gasteiger partial charge in [0.05, 0.1) is 12.2 Å². The molecule has 2 saturated heterocycles. The van der Waals surface area contributed by atoms with Crippen LogP contribution in [-0.2, 0) is 4.74 Å². The minimum absolute atomic E-state index is 0.416. The molecule has 0 aromatic carbocycles. The van der Waals surface area contributed by atoms with Crippen LogP contribution >= 0.6 is 0 Å². The van der Waals surface area contributed by atoms with Gasteiger partial charge < -0.3 is 15.0 Å². The van der Waals surface area contributed by atoms with E-state index in [0.29, 0.717) is 12.2 Å². The highest BCUT2D eigenvalue weighted by atomic mass is 16.5. The lowest BCUT2D eigenvalue weighted by atomic mass is 10.2. The van der Waals surface area contributed by atoms with Gasteiger partial charge in [-0.25, -0.2) is 4.98 Å². The van der Waals surface area contributed by atoms with Crippen LogP contribution in [0.3, 0.4) is 0 Å². The van der Waals surface area contributed by atoms with Gasteiger partial charge in [-0.15, -0.1) is 0 Å². The molecule has 0 spiro atoms. The van der Waals surface area contributed by atoms with Crippen LogP contribution in [-0.4, -0.2) is 37.3 Å². The van der Waals surface area contributed by atoms with Gasteiger partial charge in [-0.2, -0.15) is 0 Å². The summed E-state index contributed by atoms with van der Waals surface area (Å²) >= 11 is 0. The van der Waals surface area contributed by atoms with Crippen LogP contribution in [0.5, 0.6) is 0 Å². The smallest absolute Gasteiger partial charge is 0.131 e. The zero-order chi connectivity index (χ0) is 11.0. The molecule has 3 rings (SSSR count). The molecule has 2 aliphatic heterocycles. The number of hydrogen-bond donors (Lipinski definition) is 1. The van der Waals surface area contributed by atoms with Crippen LogP contribution in [0.2, 0.25) is 0 Å². The van der Waals surface area contributed by atoms with Gasteiger partial charge in [-0.05, 0) is 25.0 Å². The zero-order valence-electron chi connectivity index (χ0n) is 9.52. The number of morpholine rings is 1. The van der Waals surface area contributed by atoms with Crippen LogP contribution in [0.1, 0.15) is 12.8 Å². The second-order valence-corrected chi connectivity index (χ2v) is 4.49. The van der Waals surface area contributed by atoms with Crippen molar-refractivity contribution in [2.45, 2.75) is 25.0 Å². The summed E-state index contributed by atoms with van der Waals surface area (Å²) in [5.41, 5.74) is 0. The van der Waals surface area contributed by atoms with Crippen LogP contribution < -0.4 is 10.2 Å². The first-order valence-electron chi connectivity index (χ1n) is 5.90. The second kappa shape index (κ2) is 3.94. The quantitative estimate of drug-likeness (QED) is 0.817. The Morgan fingerprint density at radius 1 is 1.31 bits per heavy atom. The molecule has 2 bridgehead atoms. The third-order valence-electron chi connectivity index (χ3n) is 3.36. The summed E-state index contributed by atoms with van der Waals surface area (Å²) in [4.78, 5) is 6.91. The number of aromatic nitrogens is 1. The molecule has 1 N–H and O–H groups in total. The summed E-state index contributed by atoms with van der Waals surface area (Å²) in [5, 5.41) is 3.08. The standard InChI is InChI=1S/C12H17N3O/c1-13-11-3-2-4-12(14-11)15-7-9-5-6-10(8-15)16-9/h2-4,9-10H,5-8H2,1H3,(H,13,14). The number of fused-ring (bicyclic) bond motifs is 2. The van der Waals surface area contributed by atoms with Crippen LogP contribution in [0.4, 0.5) is 11.6 Å². The Hall–Kier alpha value is -1.29. The molecule has 0 radical (unpaired) electrons. The van der Waals surface area contributed by atoms with E-state index >= 15 is 0 Å². The molecule has 0 saturated carbocycles. The molecule has 2 unspecified atom stereocenters. The Morgan fingerprint density at radius 3 is 2.75 bits per heavy atom. The molecule has 0 aliphatic carbocycles. The Balaban J connectivity index is 1.81. The number of anilines is 2. The molecule has 2 fully saturated rings. The molecule has 3 heterocycles. The number of rotatable bonds is 2. The Labute approximate surface area is 95.6 Å². The first-order valence-corrected chi connectivity index (χ1v) is 5.90. The maximum atomic E-state index is 5.82. The lowest BCUT2D eigenvalue weighted by molar-refractivity contribution is 0.0302. The largest absolute Gasteiger partial charge is 0.373 e. The molecule has 16 heavy (non-hydrogen) atoms. The first kappa shape index (κ1) is 9.90. The van der Waals surface area contributed by atoms with Gasteiger partial charge in [-0.1, -0.05) is 6.07 Å². The van der Waals surface area contributed by atoms with Gasteiger partial charge in [0, 0.05) is 20.1 Å². The average molecular weight is 219 g/mol. The van der Waals surface area contributed by atoms with Crippen molar-refractivity contribution in [3.8, 4) is 0 Å². The lowest BCUT2D eigenvalue weighted by Crippen LogP contribution is -2.43. The maximum Gasteiger partial charge on any atom is 0.131 e. The van der Waals surface area contributed by atoms with Crippen molar-refractivity contribution in [3.05, 3.63) is 18.2 Å². The average Bonchev–Trinajstić information content (AvgIpc) is 2.68. The van der Waals surface area contributed by atoms with Gasteiger partial charge in [-0.3, -0.25) is 0 Å². The monoisotopic (exact) mass is 219 g/mol. The number of nitrogens with zero attached hydrogens (tertiary/aromatic N) is 2. The summed E-state index contributed by atoms with van der Waals surface area (Å²) in [6.45, 7) is 1.97. The molecule has 86 valence electrons. The molecule has 0 amide bonds. The van der Waals surface area contributed by atoms with Gasteiger partial charge in [0.15, 0.2) is 0 Å². The van der Waals surface area contributed by atoms with Gasteiger partial charge in [0.2, 0.25) is 0 Å². The van der Waals surface area contributed by atoms with Crippen molar-refractivity contribution < 1.29 is 4.74 Å². The van der Waals surface area contributed by atoms with Gasteiger partial charge in [0.25, 0.3) is 0 Å². The lowest BCUT2D eigenvalue weighted by Gasteiger charge is -2.33. The van der Waals surface area contributed by atoms with Crippen LogP contribution in [0, 0.1) is 0 Å². The van der Waals surface area contributed by atoms with Crippen molar-refractivity contribution in [2.24, 2.45) is 0 Å². The van der Waals surface area contributed by atoms with E-state index < -0.39 is 0 Å². The van der Waals surface area contributed by atoms with E-state index in [0.717, 1.165) is 24.7 Å². The highest BCUT2D eigenvalue weighted by molar-refractivity contribution is 5.47. The van der Waals surface area contributed by atoms with Crippen LogP contribution in [0.25, 0.3) is 0 Å². The number of hydrogen-bond acceptors (Lipinski definition) is 4. The fourth-order valence-corrected chi connectivity index (χ4v) is 2.54. The third-order valence-corrected chi connectivity index (χ3v) is 3.36. The van der Waals surface area contributed by atoms with E-state index in [1.807, 2.05) is 19.2 Å². The van der Waals surface area contributed by atoms with E-state index in [1.54, 1.807) is 0 Å². The van der Waals surface area contributed by atoms with Crippen molar-refractivity contribution in [1.82, 2.24) is 4.98 Å². The fourth-order valence-electron chi connectivity index (χ4n) is 2.54. The summed E-state index contributed by atoms with van der Waals surface area (Å²) in [6, 6.07) is 6.11. The summed E-state index contributed by atoms with van der Waals surface area (Å²) < 4.78 is 5.82. The Kier molecular flexibility index (Phi) is 2.44. The van der Waals surface area contributed by atoms with Crippen molar-refractivity contribution in [1.29, 1.82) is 0 Å².